The minimum atomic E-state index is -2.92. The van der Waals surface area contributed by atoms with Crippen LogP contribution in [0.1, 0.15) is 18.9 Å². The fourth-order valence-corrected chi connectivity index (χ4v) is 3.82. The average Bonchev–Trinajstić information content (AvgIpc) is 2.77. The summed E-state index contributed by atoms with van der Waals surface area (Å²) in [6, 6.07) is 5.59. The molecule has 0 amide bonds. The lowest BCUT2D eigenvalue weighted by Crippen LogP contribution is -2.20. The normalized spacial score (nSPS) is 20.8. The lowest BCUT2D eigenvalue weighted by Gasteiger charge is -2.17. The maximum atomic E-state index is 11.5. The zero-order valence-corrected chi connectivity index (χ0v) is 12.7. The second-order valence-corrected chi connectivity index (χ2v) is 7.13. The summed E-state index contributed by atoms with van der Waals surface area (Å²) in [5.74, 6) is 1.83. The number of rotatable bonds is 6. The highest BCUT2D eigenvalue weighted by Crippen LogP contribution is 2.27. The molecule has 20 heavy (non-hydrogen) atoms. The van der Waals surface area contributed by atoms with Gasteiger partial charge in [0.25, 0.3) is 0 Å². The van der Waals surface area contributed by atoms with Gasteiger partial charge in [0.05, 0.1) is 18.6 Å². The molecule has 6 heteroatoms. The average molecular weight is 299 g/mol. The van der Waals surface area contributed by atoms with Gasteiger partial charge in [0.15, 0.2) is 9.84 Å². The molecule has 0 radical (unpaired) electrons. The van der Waals surface area contributed by atoms with Crippen LogP contribution in [0.3, 0.4) is 0 Å². The molecule has 112 valence electrons. The first-order valence-electron chi connectivity index (χ1n) is 6.79. The van der Waals surface area contributed by atoms with Gasteiger partial charge in [0.2, 0.25) is 0 Å². The number of methoxy groups -OCH3 is 1. The molecule has 1 atom stereocenters. The largest absolute Gasteiger partial charge is 0.497 e. The molecule has 1 aliphatic rings. The third-order valence-corrected chi connectivity index (χ3v) is 5.05. The SMILES string of the molecule is CCNCc1cc(OC)ccc1OC1CCS(=O)(=O)C1. The van der Waals surface area contributed by atoms with Gasteiger partial charge in [-0.05, 0) is 31.2 Å². The van der Waals surface area contributed by atoms with Gasteiger partial charge >= 0.3 is 0 Å². The summed E-state index contributed by atoms with van der Waals surface area (Å²) in [6.45, 7) is 3.56. The van der Waals surface area contributed by atoms with Crippen molar-refractivity contribution < 1.29 is 17.9 Å². The van der Waals surface area contributed by atoms with Gasteiger partial charge in [0.1, 0.15) is 17.6 Å². The van der Waals surface area contributed by atoms with E-state index in [2.05, 4.69) is 5.32 Å². The maximum absolute atomic E-state index is 11.5. The summed E-state index contributed by atoms with van der Waals surface area (Å²) >= 11 is 0. The van der Waals surface area contributed by atoms with Crippen LogP contribution >= 0.6 is 0 Å². The molecular weight excluding hydrogens is 278 g/mol. The minimum absolute atomic E-state index is 0.111. The van der Waals surface area contributed by atoms with Crippen molar-refractivity contribution in [3.05, 3.63) is 23.8 Å². The molecule has 1 saturated heterocycles. The van der Waals surface area contributed by atoms with Gasteiger partial charge in [-0.15, -0.1) is 0 Å². The Morgan fingerprint density at radius 2 is 2.20 bits per heavy atom. The molecule has 0 spiro atoms. The van der Waals surface area contributed by atoms with E-state index in [9.17, 15) is 8.42 Å². The number of hydrogen-bond donors (Lipinski definition) is 1. The van der Waals surface area contributed by atoms with Crippen molar-refractivity contribution >= 4 is 9.84 Å². The Morgan fingerprint density at radius 1 is 1.40 bits per heavy atom. The third kappa shape index (κ3) is 3.86. The van der Waals surface area contributed by atoms with Crippen LogP contribution in [0.4, 0.5) is 0 Å². The second kappa shape index (κ2) is 6.45. The number of benzene rings is 1. The number of hydrogen-bond acceptors (Lipinski definition) is 5. The van der Waals surface area contributed by atoms with Crippen LogP contribution in [0.2, 0.25) is 0 Å². The Labute approximate surface area is 120 Å². The molecule has 2 rings (SSSR count). The highest BCUT2D eigenvalue weighted by molar-refractivity contribution is 7.91. The van der Waals surface area contributed by atoms with E-state index in [0.717, 1.165) is 23.6 Å². The van der Waals surface area contributed by atoms with Crippen LogP contribution in [-0.4, -0.2) is 39.7 Å². The van der Waals surface area contributed by atoms with Gasteiger partial charge in [-0.2, -0.15) is 0 Å². The molecule has 1 aliphatic heterocycles. The van der Waals surface area contributed by atoms with Crippen molar-refractivity contribution in [1.29, 1.82) is 0 Å². The molecule has 5 nitrogen and oxygen atoms in total. The van der Waals surface area contributed by atoms with Gasteiger partial charge < -0.3 is 14.8 Å². The Balaban J connectivity index is 2.13. The van der Waals surface area contributed by atoms with E-state index in [1.807, 2.05) is 25.1 Å². The predicted octanol–water partition coefficient (Wildman–Crippen LogP) is 1.37. The van der Waals surface area contributed by atoms with Crippen LogP contribution in [0.15, 0.2) is 18.2 Å². The number of nitrogens with one attached hydrogen (secondary N) is 1. The quantitative estimate of drug-likeness (QED) is 0.859. The molecular formula is C14H21NO4S. The number of ether oxygens (including phenoxy) is 2. The van der Waals surface area contributed by atoms with Crippen molar-refractivity contribution in [2.24, 2.45) is 0 Å². The smallest absolute Gasteiger partial charge is 0.154 e. The lowest BCUT2D eigenvalue weighted by atomic mass is 10.1. The fraction of sp³-hybridized carbons (Fsp3) is 0.571. The Hall–Kier alpha value is -1.27. The van der Waals surface area contributed by atoms with Crippen molar-refractivity contribution in [1.82, 2.24) is 5.32 Å². The summed E-state index contributed by atoms with van der Waals surface area (Å²) < 4.78 is 34.0. The maximum Gasteiger partial charge on any atom is 0.154 e. The molecule has 0 bridgehead atoms. The van der Waals surface area contributed by atoms with Crippen LogP contribution in [0.5, 0.6) is 11.5 Å². The summed E-state index contributed by atoms with van der Waals surface area (Å²) in [5.41, 5.74) is 0.982. The van der Waals surface area contributed by atoms with Gasteiger partial charge in [0, 0.05) is 12.1 Å². The van der Waals surface area contributed by atoms with E-state index in [1.54, 1.807) is 7.11 Å². The molecule has 1 unspecified atom stereocenters. The zero-order chi connectivity index (χ0) is 14.6. The highest BCUT2D eigenvalue weighted by Gasteiger charge is 2.29. The predicted molar refractivity (Wildman–Crippen MR) is 78.1 cm³/mol. The Kier molecular flexibility index (Phi) is 4.88. The van der Waals surface area contributed by atoms with E-state index >= 15 is 0 Å². The zero-order valence-electron chi connectivity index (χ0n) is 11.9. The van der Waals surface area contributed by atoms with Crippen molar-refractivity contribution in [3.8, 4) is 11.5 Å². The van der Waals surface area contributed by atoms with Gasteiger partial charge in [-0.25, -0.2) is 8.42 Å². The van der Waals surface area contributed by atoms with Gasteiger partial charge in [-0.3, -0.25) is 0 Å². The van der Waals surface area contributed by atoms with Crippen LogP contribution < -0.4 is 14.8 Å². The molecule has 1 aromatic rings. The van der Waals surface area contributed by atoms with E-state index < -0.39 is 9.84 Å². The number of sulfone groups is 1. The molecule has 0 aromatic heterocycles. The topological polar surface area (TPSA) is 64.6 Å². The van der Waals surface area contributed by atoms with Crippen molar-refractivity contribution in [2.45, 2.75) is 26.0 Å². The standard InChI is InChI=1S/C14H21NO4S/c1-3-15-9-11-8-12(18-2)4-5-14(11)19-13-6-7-20(16,17)10-13/h4-5,8,13,15H,3,6-7,9-10H2,1-2H3. The first kappa shape index (κ1) is 15.1. The van der Waals surface area contributed by atoms with Crippen LogP contribution in [0.25, 0.3) is 0 Å². The van der Waals surface area contributed by atoms with Gasteiger partial charge in [-0.1, -0.05) is 6.92 Å². The van der Waals surface area contributed by atoms with E-state index in [4.69, 9.17) is 9.47 Å². The Morgan fingerprint density at radius 3 is 2.80 bits per heavy atom. The molecule has 1 aromatic carbocycles. The highest BCUT2D eigenvalue weighted by atomic mass is 32.2. The van der Waals surface area contributed by atoms with E-state index in [1.165, 1.54) is 0 Å². The summed E-state index contributed by atoms with van der Waals surface area (Å²) in [4.78, 5) is 0. The molecule has 1 N–H and O–H groups in total. The monoisotopic (exact) mass is 299 g/mol. The third-order valence-electron chi connectivity index (χ3n) is 3.32. The second-order valence-electron chi connectivity index (χ2n) is 4.90. The lowest BCUT2D eigenvalue weighted by molar-refractivity contribution is 0.226. The van der Waals surface area contributed by atoms with E-state index in [-0.39, 0.29) is 17.6 Å². The summed E-state index contributed by atoms with van der Waals surface area (Å²) in [5, 5.41) is 3.24. The Bertz CT molecular complexity index is 556. The first-order valence-corrected chi connectivity index (χ1v) is 8.61. The summed E-state index contributed by atoms with van der Waals surface area (Å²) in [6.07, 6.45) is 0.323. The molecule has 1 fully saturated rings. The van der Waals surface area contributed by atoms with E-state index in [0.29, 0.717) is 13.0 Å². The van der Waals surface area contributed by atoms with Crippen molar-refractivity contribution in [3.63, 3.8) is 0 Å². The molecule has 0 saturated carbocycles. The van der Waals surface area contributed by atoms with Crippen LogP contribution in [0, 0.1) is 0 Å². The van der Waals surface area contributed by atoms with Crippen molar-refractivity contribution in [2.75, 3.05) is 25.2 Å². The minimum Gasteiger partial charge on any atom is -0.497 e. The first-order chi connectivity index (χ1) is 9.54. The fourth-order valence-electron chi connectivity index (χ4n) is 2.23. The van der Waals surface area contributed by atoms with Crippen LogP contribution in [-0.2, 0) is 16.4 Å². The summed E-state index contributed by atoms with van der Waals surface area (Å²) in [7, 11) is -1.30. The molecule has 1 heterocycles. The molecule has 0 aliphatic carbocycles.